The molecule has 6 nitrogen and oxygen atoms in total. The number of rotatable bonds is 38. The summed E-state index contributed by atoms with van der Waals surface area (Å²) in [7, 11) is 0. The lowest BCUT2D eigenvalue weighted by Crippen LogP contribution is -2.26. The van der Waals surface area contributed by atoms with Gasteiger partial charge in [-0.3, -0.25) is 0 Å². The average molecular weight is 603 g/mol. The smallest absolute Gasteiger partial charge is 0.104 e. The van der Waals surface area contributed by atoms with Gasteiger partial charge in [-0.2, -0.15) is 0 Å². The first-order valence-corrected chi connectivity index (χ1v) is 18.4. The second-order valence-corrected chi connectivity index (χ2v) is 12.4. The summed E-state index contributed by atoms with van der Waals surface area (Å²) in [5.41, 5.74) is 0. The van der Waals surface area contributed by atoms with E-state index in [0.29, 0.717) is 33.0 Å². The third kappa shape index (κ3) is 36.0. The van der Waals surface area contributed by atoms with Crippen LogP contribution in [-0.4, -0.2) is 74.3 Å². The zero-order valence-electron chi connectivity index (χ0n) is 27.9. The summed E-state index contributed by atoms with van der Waals surface area (Å²) < 4.78 is 18.2. The lowest BCUT2D eigenvalue weighted by atomic mass is 10.1. The van der Waals surface area contributed by atoms with E-state index in [0.717, 1.165) is 77.6 Å². The van der Waals surface area contributed by atoms with Crippen LogP contribution in [0.3, 0.4) is 0 Å². The maximum atomic E-state index is 8.86. The Balaban J connectivity index is 3.89. The van der Waals surface area contributed by atoms with Gasteiger partial charge in [-0.05, 0) is 38.5 Å². The van der Waals surface area contributed by atoms with Crippen molar-refractivity contribution in [2.45, 2.75) is 179 Å². The van der Waals surface area contributed by atoms with Crippen LogP contribution in [0.15, 0.2) is 0 Å². The minimum Gasteiger partial charge on any atom is -0.396 e. The lowest BCUT2D eigenvalue weighted by Gasteiger charge is -2.18. The molecule has 3 N–H and O–H groups in total. The van der Waals surface area contributed by atoms with E-state index in [1.807, 2.05) is 0 Å². The molecule has 0 aromatic rings. The van der Waals surface area contributed by atoms with Gasteiger partial charge in [-0.15, -0.1) is 0 Å². The first-order chi connectivity index (χ1) is 20.8. The molecule has 0 atom stereocenters. The molecule has 0 spiro atoms. The van der Waals surface area contributed by atoms with Crippen molar-refractivity contribution in [3.05, 3.63) is 0 Å². The van der Waals surface area contributed by atoms with E-state index in [1.54, 1.807) is 0 Å². The Labute approximate surface area is 261 Å². The molecule has 0 bridgehead atoms. The van der Waals surface area contributed by atoms with Gasteiger partial charge >= 0.3 is 0 Å². The van der Waals surface area contributed by atoms with Gasteiger partial charge in [0.25, 0.3) is 0 Å². The van der Waals surface area contributed by atoms with Gasteiger partial charge in [0.15, 0.2) is 0 Å². The van der Waals surface area contributed by atoms with Gasteiger partial charge in [-0.25, -0.2) is 0 Å². The molecule has 0 radical (unpaired) electrons. The summed E-state index contributed by atoms with van der Waals surface area (Å²) in [5.74, 6) is 0. The summed E-state index contributed by atoms with van der Waals surface area (Å²) in [4.78, 5) is 0. The molecule has 0 aromatic heterocycles. The molecule has 6 heteroatoms. The fourth-order valence-electron chi connectivity index (χ4n) is 5.38. The molecule has 0 aliphatic rings. The molecule has 0 saturated heterocycles. The van der Waals surface area contributed by atoms with Crippen LogP contribution in [0.1, 0.15) is 173 Å². The molecule has 254 valence electrons. The SMILES string of the molecule is OCCCCCCCCCCCOCC(COCCCCCCCCCCCO)OCCCCCCCCCCCO. The fourth-order valence-corrected chi connectivity index (χ4v) is 5.38. The minimum atomic E-state index is 0.0365. The van der Waals surface area contributed by atoms with Crippen molar-refractivity contribution in [2.75, 3.05) is 52.9 Å². The second-order valence-electron chi connectivity index (χ2n) is 12.4. The Morgan fingerprint density at radius 1 is 0.286 bits per heavy atom. The predicted octanol–water partition coefficient (Wildman–Crippen LogP) is 8.91. The highest BCUT2D eigenvalue weighted by molar-refractivity contribution is 4.58. The van der Waals surface area contributed by atoms with E-state index in [-0.39, 0.29) is 6.10 Å². The average Bonchev–Trinajstić information content (AvgIpc) is 3.00. The number of ether oxygens (including phenoxy) is 3. The predicted molar refractivity (Wildman–Crippen MR) is 177 cm³/mol. The maximum absolute atomic E-state index is 8.86. The molecular weight excluding hydrogens is 528 g/mol. The van der Waals surface area contributed by atoms with Crippen LogP contribution in [-0.2, 0) is 14.2 Å². The van der Waals surface area contributed by atoms with Crippen LogP contribution in [0.5, 0.6) is 0 Å². The number of hydrogen-bond acceptors (Lipinski definition) is 6. The normalized spacial score (nSPS) is 11.7. The van der Waals surface area contributed by atoms with Crippen LogP contribution < -0.4 is 0 Å². The van der Waals surface area contributed by atoms with E-state index in [2.05, 4.69) is 0 Å². The van der Waals surface area contributed by atoms with Crippen molar-refractivity contribution in [1.82, 2.24) is 0 Å². The van der Waals surface area contributed by atoms with Crippen LogP contribution in [0, 0.1) is 0 Å². The Morgan fingerprint density at radius 3 is 0.810 bits per heavy atom. The van der Waals surface area contributed by atoms with Crippen molar-refractivity contribution in [3.63, 3.8) is 0 Å². The Kier molecular flexibility index (Phi) is 38.6. The third-order valence-electron chi connectivity index (χ3n) is 8.16. The van der Waals surface area contributed by atoms with E-state index in [9.17, 15) is 0 Å². The number of aliphatic hydroxyl groups excluding tert-OH is 3. The first-order valence-electron chi connectivity index (χ1n) is 18.4. The van der Waals surface area contributed by atoms with Gasteiger partial charge in [-0.1, -0.05) is 135 Å². The highest BCUT2D eigenvalue weighted by Gasteiger charge is 2.10. The van der Waals surface area contributed by atoms with E-state index in [1.165, 1.54) is 116 Å². The summed E-state index contributed by atoms with van der Waals surface area (Å²) in [6, 6.07) is 0. The third-order valence-corrected chi connectivity index (χ3v) is 8.16. The van der Waals surface area contributed by atoms with E-state index in [4.69, 9.17) is 29.5 Å². The summed E-state index contributed by atoms with van der Waals surface area (Å²) in [5, 5.41) is 26.5. The molecule has 42 heavy (non-hydrogen) atoms. The fraction of sp³-hybridized carbons (Fsp3) is 1.00. The molecule has 0 aliphatic carbocycles. The molecular formula is C36H74O6. The van der Waals surface area contributed by atoms with Crippen molar-refractivity contribution in [3.8, 4) is 0 Å². The topological polar surface area (TPSA) is 88.4 Å². The first kappa shape index (κ1) is 41.8. The van der Waals surface area contributed by atoms with Gasteiger partial charge < -0.3 is 29.5 Å². The quantitative estimate of drug-likeness (QED) is 0.0612. The van der Waals surface area contributed by atoms with Gasteiger partial charge in [0, 0.05) is 39.6 Å². The molecule has 0 aliphatic heterocycles. The van der Waals surface area contributed by atoms with Crippen molar-refractivity contribution in [1.29, 1.82) is 0 Å². The Bertz CT molecular complexity index is 436. The molecule has 0 fully saturated rings. The zero-order chi connectivity index (χ0) is 30.4. The highest BCUT2D eigenvalue weighted by atomic mass is 16.6. The number of unbranched alkanes of at least 4 members (excludes halogenated alkanes) is 24. The van der Waals surface area contributed by atoms with Crippen LogP contribution in [0.4, 0.5) is 0 Å². The number of hydrogen-bond donors (Lipinski definition) is 3. The highest BCUT2D eigenvalue weighted by Crippen LogP contribution is 2.12. The Hall–Kier alpha value is -0.240. The molecule has 0 aromatic carbocycles. The van der Waals surface area contributed by atoms with E-state index < -0.39 is 0 Å². The van der Waals surface area contributed by atoms with Gasteiger partial charge in [0.1, 0.15) is 6.10 Å². The van der Waals surface area contributed by atoms with E-state index >= 15 is 0 Å². The summed E-state index contributed by atoms with van der Waals surface area (Å²) >= 11 is 0. The van der Waals surface area contributed by atoms with Crippen molar-refractivity contribution >= 4 is 0 Å². The van der Waals surface area contributed by atoms with Gasteiger partial charge in [0.2, 0.25) is 0 Å². The number of aliphatic hydroxyl groups is 3. The van der Waals surface area contributed by atoms with Crippen molar-refractivity contribution in [2.24, 2.45) is 0 Å². The monoisotopic (exact) mass is 603 g/mol. The summed E-state index contributed by atoms with van der Waals surface area (Å²) in [6.07, 6.45) is 32.8. The van der Waals surface area contributed by atoms with Crippen molar-refractivity contribution < 1.29 is 29.5 Å². The standard InChI is InChI=1S/C36H74O6/c37-28-22-16-10-4-1-7-13-19-25-31-40-34-36(42-33-27-21-15-9-3-6-12-18-24-30-39)35-41-32-26-20-14-8-2-5-11-17-23-29-38/h36-39H,1-35H2. The molecule has 0 unspecified atom stereocenters. The maximum Gasteiger partial charge on any atom is 0.104 e. The van der Waals surface area contributed by atoms with Gasteiger partial charge in [0.05, 0.1) is 13.2 Å². The summed E-state index contributed by atoms with van der Waals surface area (Å²) in [6.45, 7) is 4.69. The molecule has 0 saturated carbocycles. The molecule has 0 heterocycles. The zero-order valence-corrected chi connectivity index (χ0v) is 27.9. The molecule has 0 rings (SSSR count). The van der Waals surface area contributed by atoms with Crippen LogP contribution in [0.25, 0.3) is 0 Å². The minimum absolute atomic E-state index is 0.0365. The van der Waals surface area contributed by atoms with Crippen LogP contribution in [0.2, 0.25) is 0 Å². The Morgan fingerprint density at radius 2 is 0.524 bits per heavy atom. The molecule has 0 amide bonds. The second kappa shape index (κ2) is 38.8. The lowest BCUT2D eigenvalue weighted by molar-refractivity contribution is -0.0616. The van der Waals surface area contributed by atoms with Crippen LogP contribution >= 0.6 is 0 Å². The largest absolute Gasteiger partial charge is 0.396 e.